The summed E-state index contributed by atoms with van der Waals surface area (Å²) in [6.07, 6.45) is 3.81. The van der Waals surface area contributed by atoms with E-state index in [1.54, 1.807) is 0 Å². The van der Waals surface area contributed by atoms with Gasteiger partial charge in [-0.3, -0.25) is 4.79 Å². The highest BCUT2D eigenvalue weighted by Crippen LogP contribution is 2.43. The molecule has 0 spiro atoms. The van der Waals surface area contributed by atoms with E-state index in [1.807, 2.05) is 0 Å². The van der Waals surface area contributed by atoms with E-state index < -0.39 is 17.6 Å². The van der Waals surface area contributed by atoms with Gasteiger partial charge in [0.05, 0.1) is 12.6 Å². The number of aliphatic hydroxyl groups is 1. The molecule has 0 aromatic heterocycles. The van der Waals surface area contributed by atoms with Gasteiger partial charge in [0.25, 0.3) is 0 Å². The predicted octanol–water partition coefficient (Wildman–Crippen LogP) is -0.0580. The van der Waals surface area contributed by atoms with E-state index in [0.717, 1.165) is 32.1 Å². The Morgan fingerprint density at radius 3 is 2.37 bits per heavy atom. The van der Waals surface area contributed by atoms with Crippen LogP contribution in [-0.4, -0.2) is 51.7 Å². The summed E-state index contributed by atoms with van der Waals surface area (Å²) in [5, 5.41) is 20.0. The summed E-state index contributed by atoms with van der Waals surface area (Å²) >= 11 is 0. The average Bonchev–Trinajstić information content (AvgIpc) is 2.77. The maximum Gasteiger partial charge on any atom is 0.332 e. The van der Waals surface area contributed by atoms with Crippen LogP contribution in [0.5, 0.6) is 0 Å². The lowest BCUT2D eigenvalue weighted by molar-refractivity contribution is -0.168. The van der Waals surface area contributed by atoms with E-state index in [1.165, 1.54) is 4.90 Å². The van der Waals surface area contributed by atoms with Gasteiger partial charge in [-0.15, -0.1) is 0 Å². The van der Waals surface area contributed by atoms with E-state index in [-0.39, 0.29) is 24.9 Å². The zero-order valence-electron chi connectivity index (χ0n) is 11.0. The Kier molecular flexibility index (Phi) is 4.10. The normalized spacial score (nSPS) is 32.5. The molecule has 2 atom stereocenters. The molecule has 4 N–H and O–H groups in total. The number of carbonyl (C=O) groups excluding carboxylic acids is 1. The Morgan fingerprint density at radius 2 is 1.84 bits per heavy atom. The summed E-state index contributed by atoms with van der Waals surface area (Å²) < 4.78 is 0. The molecule has 0 aromatic carbocycles. The van der Waals surface area contributed by atoms with Gasteiger partial charge < -0.3 is 20.8 Å². The molecular weight excluding hydrogens is 248 g/mol. The molecule has 1 amide bonds. The fraction of sp³-hybridized carbons (Fsp3) is 0.846. The Labute approximate surface area is 112 Å². The minimum Gasteiger partial charge on any atom is -0.479 e. The van der Waals surface area contributed by atoms with Crippen LogP contribution in [0.1, 0.15) is 38.5 Å². The summed E-state index contributed by atoms with van der Waals surface area (Å²) in [7, 11) is 0. The molecule has 0 radical (unpaired) electrons. The molecule has 6 heteroatoms. The van der Waals surface area contributed by atoms with E-state index in [0.29, 0.717) is 6.42 Å². The molecule has 1 aliphatic carbocycles. The second-order valence-corrected chi connectivity index (χ2v) is 5.52. The van der Waals surface area contributed by atoms with Gasteiger partial charge in [-0.2, -0.15) is 0 Å². The third-order valence-electron chi connectivity index (χ3n) is 4.63. The number of carbonyl (C=O) groups is 2. The monoisotopic (exact) mass is 270 g/mol. The number of nitrogens with two attached hydrogens (primary N) is 1. The van der Waals surface area contributed by atoms with Crippen molar-refractivity contribution in [1.29, 1.82) is 0 Å². The number of hydrogen-bond acceptors (Lipinski definition) is 4. The van der Waals surface area contributed by atoms with Crippen LogP contribution >= 0.6 is 0 Å². The molecule has 1 heterocycles. The molecule has 1 saturated carbocycles. The summed E-state index contributed by atoms with van der Waals surface area (Å²) in [6, 6.07) is 0. The molecule has 6 nitrogen and oxygen atoms in total. The van der Waals surface area contributed by atoms with Crippen molar-refractivity contribution in [1.82, 2.24) is 4.90 Å². The zero-order valence-corrected chi connectivity index (χ0v) is 11.0. The molecule has 2 fully saturated rings. The highest BCUT2D eigenvalue weighted by atomic mass is 16.4. The molecular formula is C13H22N2O4. The SMILES string of the molecule is NCC(=O)N1CCC(O)[C@]1(C(=O)O)C1CCCCC1. The number of carboxylic acids is 1. The minimum absolute atomic E-state index is 0.174. The molecule has 1 saturated heterocycles. The van der Waals surface area contributed by atoms with Crippen molar-refractivity contribution >= 4 is 11.9 Å². The lowest BCUT2D eigenvalue weighted by atomic mass is 9.71. The van der Waals surface area contributed by atoms with Crippen molar-refractivity contribution < 1.29 is 19.8 Å². The minimum atomic E-state index is -1.46. The number of carboxylic acid groups (broad SMARTS) is 1. The second-order valence-electron chi connectivity index (χ2n) is 5.52. The third kappa shape index (κ3) is 2.12. The molecule has 108 valence electrons. The van der Waals surface area contributed by atoms with Gasteiger partial charge in [-0.1, -0.05) is 19.3 Å². The average molecular weight is 270 g/mol. The first kappa shape index (κ1) is 14.3. The molecule has 0 bridgehead atoms. The quantitative estimate of drug-likeness (QED) is 0.666. The number of amides is 1. The topological polar surface area (TPSA) is 104 Å². The molecule has 1 unspecified atom stereocenters. The highest BCUT2D eigenvalue weighted by Gasteiger charge is 2.60. The Hall–Kier alpha value is -1.14. The van der Waals surface area contributed by atoms with Gasteiger partial charge in [-0.05, 0) is 25.2 Å². The van der Waals surface area contributed by atoms with Crippen LogP contribution < -0.4 is 5.73 Å². The smallest absolute Gasteiger partial charge is 0.332 e. The van der Waals surface area contributed by atoms with Crippen molar-refractivity contribution in [2.24, 2.45) is 11.7 Å². The summed E-state index contributed by atoms with van der Waals surface area (Å²) in [4.78, 5) is 25.1. The Bertz CT molecular complexity index is 368. The molecule has 2 aliphatic rings. The first-order valence-electron chi connectivity index (χ1n) is 6.97. The van der Waals surface area contributed by atoms with Crippen molar-refractivity contribution in [2.45, 2.75) is 50.2 Å². The third-order valence-corrected chi connectivity index (χ3v) is 4.63. The summed E-state index contributed by atoms with van der Waals surface area (Å²) in [5.74, 6) is -1.65. The van der Waals surface area contributed by atoms with Crippen LogP contribution in [0.3, 0.4) is 0 Å². The van der Waals surface area contributed by atoms with E-state index >= 15 is 0 Å². The maximum atomic E-state index is 11.9. The van der Waals surface area contributed by atoms with Gasteiger partial charge in [-0.25, -0.2) is 4.79 Å². The fourth-order valence-corrected chi connectivity index (χ4v) is 3.75. The largest absolute Gasteiger partial charge is 0.479 e. The number of rotatable bonds is 3. The number of likely N-dealkylation sites (tertiary alicyclic amines) is 1. The summed E-state index contributed by atoms with van der Waals surface area (Å²) in [5.41, 5.74) is 3.92. The number of nitrogens with zero attached hydrogens (tertiary/aromatic N) is 1. The Balaban J connectivity index is 2.38. The van der Waals surface area contributed by atoms with E-state index in [4.69, 9.17) is 5.73 Å². The fourth-order valence-electron chi connectivity index (χ4n) is 3.75. The van der Waals surface area contributed by atoms with Crippen molar-refractivity contribution in [3.05, 3.63) is 0 Å². The first-order chi connectivity index (χ1) is 9.05. The van der Waals surface area contributed by atoms with E-state index in [2.05, 4.69) is 0 Å². The van der Waals surface area contributed by atoms with Crippen molar-refractivity contribution in [3.63, 3.8) is 0 Å². The van der Waals surface area contributed by atoms with Crippen LogP contribution in [-0.2, 0) is 9.59 Å². The molecule has 1 aliphatic heterocycles. The number of hydrogen-bond donors (Lipinski definition) is 3. The standard InChI is InChI=1S/C13H22N2O4/c14-8-11(17)15-7-6-10(16)13(15,12(18)19)9-4-2-1-3-5-9/h9-10,16H,1-8,14H2,(H,18,19)/t10?,13-/m0/s1. The molecule has 0 aromatic rings. The summed E-state index contributed by atoms with van der Waals surface area (Å²) in [6.45, 7) is 0.0640. The zero-order chi connectivity index (χ0) is 14.0. The van der Waals surface area contributed by atoms with E-state index in [9.17, 15) is 19.8 Å². The number of aliphatic carboxylic acids is 1. The van der Waals surface area contributed by atoms with Gasteiger partial charge in [0.2, 0.25) is 5.91 Å². The van der Waals surface area contributed by atoms with Crippen molar-refractivity contribution in [3.8, 4) is 0 Å². The van der Waals surface area contributed by atoms with Gasteiger partial charge >= 0.3 is 5.97 Å². The van der Waals surface area contributed by atoms with Crippen LogP contribution in [0.15, 0.2) is 0 Å². The van der Waals surface area contributed by atoms with Crippen LogP contribution in [0.25, 0.3) is 0 Å². The predicted molar refractivity (Wildman–Crippen MR) is 68.3 cm³/mol. The lowest BCUT2D eigenvalue weighted by Crippen LogP contribution is -2.64. The molecule has 19 heavy (non-hydrogen) atoms. The van der Waals surface area contributed by atoms with Crippen LogP contribution in [0.2, 0.25) is 0 Å². The number of aliphatic hydroxyl groups excluding tert-OH is 1. The first-order valence-corrected chi connectivity index (χ1v) is 6.97. The Morgan fingerprint density at radius 1 is 1.21 bits per heavy atom. The maximum absolute atomic E-state index is 11.9. The van der Waals surface area contributed by atoms with Gasteiger partial charge in [0.15, 0.2) is 5.54 Å². The van der Waals surface area contributed by atoms with Crippen LogP contribution in [0, 0.1) is 5.92 Å². The van der Waals surface area contributed by atoms with Crippen molar-refractivity contribution in [2.75, 3.05) is 13.1 Å². The second kappa shape index (κ2) is 5.46. The van der Waals surface area contributed by atoms with Gasteiger partial charge in [0.1, 0.15) is 0 Å². The highest BCUT2D eigenvalue weighted by molar-refractivity contribution is 5.89. The molecule has 2 rings (SSSR count). The van der Waals surface area contributed by atoms with Gasteiger partial charge in [0, 0.05) is 6.54 Å². The lowest BCUT2D eigenvalue weighted by Gasteiger charge is -2.44. The van der Waals surface area contributed by atoms with Crippen LogP contribution in [0.4, 0.5) is 0 Å².